The van der Waals surface area contributed by atoms with Crippen LogP contribution in [0.25, 0.3) is 100 Å². The van der Waals surface area contributed by atoms with Gasteiger partial charge in [0.15, 0.2) is 5.82 Å². The van der Waals surface area contributed by atoms with Crippen LogP contribution in [0.3, 0.4) is 0 Å². The third-order valence-corrected chi connectivity index (χ3v) is 10.1. The highest BCUT2D eigenvalue weighted by molar-refractivity contribution is 6.20. The molecule has 0 saturated carbocycles. The van der Waals surface area contributed by atoms with Crippen molar-refractivity contribution in [2.24, 2.45) is 0 Å². The van der Waals surface area contributed by atoms with E-state index in [1.807, 2.05) is 42.5 Å². The quantitative estimate of drug-likeness (QED) is 0.163. The standard InChI is InChI=1S/C50H32N4/c1-4-13-34(14-5-1)43-30-28-37-27-29-42-41-21-10-11-22-44(41)52-49(47(42)48(37)51-43)40-20-12-19-39(31-40)33-23-25-36(26-24-33)46-32-45(35-15-6-2-7-16-35)53-50(54-46)38-17-8-3-9-18-38/h1-32H. The number of hydrogen-bond donors (Lipinski definition) is 0. The van der Waals surface area contributed by atoms with Crippen molar-refractivity contribution in [3.8, 4) is 67.5 Å². The zero-order valence-electron chi connectivity index (χ0n) is 29.3. The lowest BCUT2D eigenvalue weighted by molar-refractivity contribution is 1.18. The fraction of sp³-hybridized carbons (Fsp3) is 0. The molecule has 3 aromatic heterocycles. The first kappa shape index (κ1) is 31.4. The van der Waals surface area contributed by atoms with Gasteiger partial charge in [-0.15, -0.1) is 0 Å². The van der Waals surface area contributed by atoms with Gasteiger partial charge >= 0.3 is 0 Å². The van der Waals surface area contributed by atoms with Crippen molar-refractivity contribution in [3.63, 3.8) is 0 Å². The smallest absolute Gasteiger partial charge is 0.160 e. The molecule has 10 rings (SSSR count). The van der Waals surface area contributed by atoms with Crippen LogP contribution in [-0.4, -0.2) is 19.9 Å². The molecule has 0 bridgehead atoms. The molecular formula is C50H32N4. The Kier molecular flexibility index (Phi) is 7.77. The van der Waals surface area contributed by atoms with Crippen molar-refractivity contribution in [2.75, 3.05) is 0 Å². The van der Waals surface area contributed by atoms with Crippen LogP contribution < -0.4 is 0 Å². The molecule has 0 aliphatic heterocycles. The summed E-state index contributed by atoms with van der Waals surface area (Å²) in [4.78, 5) is 20.6. The van der Waals surface area contributed by atoms with E-state index in [-0.39, 0.29) is 0 Å². The van der Waals surface area contributed by atoms with Crippen LogP contribution in [0.4, 0.5) is 0 Å². The first-order chi connectivity index (χ1) is 26.7. The summed E-state index contributed by atoms with van der Waals surface area (Å²) in [6, 6.07) is 67.3. The molecule has 0 amide bonds. The summed E-state index contributed by atoms with van der Waals surface area (Å²) >= 11 is 0. The average Bonchev–Trinajstić information content (AvgIpc) is 3.26. The Labute approximate surface area is 313 Å². The lowest BCUT2D eigenvalue weighted by Crippen LogP contribution is -1.96. The maximum absolute atomic E-state index is 5.33. The van der Waals surface area contributed by atoms with E-state index < -0.39 is 0 Å². The van der Waals surface area contributed by atoms with Crippen LogP contribution in [0, 0.1) is 0 Å². The maximum atomic E-state index is 5.33. The molecule has 0 aliphatic carbocycles. The second kappa shape index (κ2) is 13.4. The fourth-order valence-corrected chi connectivity index (χ4v) is 7.35. The number of aromatic nitrogens is 4. The molecule has 252 valence electrons. The van der Waals surface area contributed by atoms with Gasteiger partial charge in [0.25, 0.3) is 0 Å². The molecule has 0 unspecified atom stereocenters. The normalized spacial score (nSPS) is 11.3. The van der Waals surface area contributed by atoms with Crippen molar-refractivity contribution in [1.29, 1.82) is 0 Å². The first-order valence-electron chi connectivity index (χ1n) is 18.1. The Morgan fingerprint density at radius 2 is 0.852 bits per heavy atom. The summed E-state index contributed by atoms with van der Waals surface area (Å²) < 4.78 is 0. The molecule has 0 saturated heterocycles. The Bertz CT molecular complexity index is 2900. The predicted octanol–water partition coefficient (Wildman–Crippen LogP) is 12.7. The van der Waals surface area contributed by atoms with E-state index in [0.717, 1.165) is 94.3 Å². The van der Waals surface area contributed by atoms with Crippen LogP contribution in [0.2, 0.25) is 0 Å². The molecule has 0 atom stereocenters. The molecular weight excluding hydrogens is 657 g/mol. The van der Waals surface area contributed by atoms with Crippen molar-refractivity contribution in [1.82, 2.24) is 19.9 Å². The highest BCUT2D eigenvalue weighted by Gasteiger charge is 2.16. The largest absolute Gasteiger partial charge is 0.247 e. The van der Waals surface area contributed by atoms with E-state index in [1.54, 1.807) is 0 Å². The van der Waals surface area contributed by atoms with Crippen LogP contribution >= 0.6 is 0 Å². The summed E-state index contributed by atoms with van der Waals surface area (Å²) in [6.45, 7) is 0. The highest BCUT2D eigenvalue weighted by Crippen LogP contribution is 2.39. The summed E-state index contributed by atoms with van der Waals surface area (Å²) in [5, 5.41) is 4.41. The topological polar surface area (TPSA) is 51.6 Å². The molecule has 0 radical (unpaired) electrons. The maximum Gasteiger partial charge on any atom is 0.160 e. The molecule has 10 aromatic rings. The van der Waals surface area contributed by atoms with Crippen LogP contribution in [0.1, 0.15) is 0 Å². The van der Waals surface area contributed by atoms with Crippen molar-refractivity contribution in [2.45, 2.75) is 0 Å². The van der Waals surface area contributed by atoms with Gasteiger partial charge in [0, 0.05) is 44.0 Å². The molecule has 7 aromatic carbocycles. The van der Waals surface area contributed by atoms with Gasteiger partial charge in [-0.05, 0) is 40.8 Å². The van der Waals surface area contributed by atoms with Crippen LogP contribution in [0.15, 0.2) is 194 Å². The average molecular weight is 689 g/mol. The van der Waals surface area contributed by atoms with Crippen LogP contribution in [0.5, 0.6) is 0 Å². The lowest BCUT2D eigenvalue weighted by atomic mass is 9.95. The minimum atomic E-state index is 0.705. The van der Waals surface area contributed by atoms with Crippen molar-refractivity contribution < 1.29 is 0 Å². The van der Waals surface area contributed by atoms with Gasteiger partial charge in [0.2, 0.25) is 0 Å². The van der Waals surface area contributed by atoms with E-state index in [0.29, 0.717) is 5.82 Å². The predicted molar refractivity (Wildman–Crippen MR) is 223 cm³/mol. The molecule has 4 nitrogen and oxygen atoms in total. The lowest BCUT2D eigenvalue weighted by Gasteiger charge is -2.14. The molecule has 0 fully saturated rings. The van der Waals surface area contributed by atoms with Gasteiger partial charge in [-0.1, -0.05) is 170 Å². The molecule has 4 heteroatoms. The minimum Gasteiger partial charge on any atom is -0.247 e. The summed E-state index contributed by atoms with van der Waals surface area (Å²) in [6.07, 6.45) is 0. The Hall–Kier alpha value is -7.30. The third-order valence-electron chi connectivity index (χ3n) is 10.1. The summed E-state index contributed by atoms with van der Waals surface area (Å²) in [5.41, 5.74) is 13.0. The Morgan fingerprint density at radius 3 is 1.57 bits per heavy atom. The number of benzene rings is 7. The van der Waals surface area contributed by atoms with Gasteiger partial charge in [-0.2, -0.15) is 0 Å². The minimum absolute atomic E-state index is 0.705. The summed E-state index contributed by atoms with van der Waals surface area (Å²) in [7, 11) is 0. The number of rotatable bonds is 6. The van der Waals surface area contributed by atoms with Crippen molar-refractivity contribution in [3.05, 3.63) is 194 Å². The number of para-hydroxylation sites is 1. The highest BCUT2D eigenvalue weighted by atomic mass is 14.9. The van der Waals surface area contributed by atoms with Crippen LogP contribution in [-0.2, 0) is 0 Å². The second-order valence-electron chi connectivity index (χ2n) is 13.5. The van der Waals surface area contributed by atoms with E-state index in [2.05, 4.69) is 152 Å². The van der Waals surface area contributed by atoms with Crippen molar-refractivity contribution >= 4 is 32.6 Å². The zero-order chi connectivity index (χ0) is 35.8. The molecule has 0 spiro atoms. The zero-order valence-corrected chi connectivity index (χ0v) is 29.3. The number of fused-ring (bicyclic) bond motifs is 5. The van der Waals surface area contributed by atoms with E-state index in [1.165, 1.54) is 0 Å². The molecule has 0 N–H and O–H groups in total. The Balaban J connectivity index is 1.08. The monoisotopic (exact) mass is 688 g/mol. The molecule has 3 heterocycles. The van der Waals surface area contributed by atoms with E-state index in [9.17, 15) is 0 Å². The van der Waals surface area contributed by atoms with E-state index >= 15 is 0 Å². The van der Waals surface area contributed by atoms with Gasteiger partial charge in [-0.25, -0.2) is 19.9 Å². The van der Waals surface area contributed by atoms with Gasteiger partial charge < -0.3 is 0 Å². The number of hydrogen-bond acceptors (Lipinski definition) is 4. The third kappa shape index (κ3) is 5.76. The molecule has 0 aliphatic rings. The number of nitrogens with zero attached hydrogens (tertiary/aromatic N) is 4. The fourth-order valence-electron chi connectivity index (χ4n) is 7.35. The SMILES string of the molecule is c1ccc(-c2cc(-c3ccc(-c4cccc(-c5nc6ccccc6c6ccc7ccc(-c8ccccc8)nc7c56)c4)cc3)nc(-c3ccccc3)n2)cc1. The Morgan fingerprint density at radius 1 is 0.296 bits per heavy atom. The summed E-state index contributed by atoms with van der Waals surface area (Å²) in [5.74, 6) is 0.705. The molecule has 54 heavy (non-hydrogen) atoms. The van der Waals surface area contributed by atoms with Gasteiger partial charge in [0.1, 0.15) is 0 Å². The van der Waals surface area contributed by atoms with Gasteiger partial charge in [-0.3, -0.25) is 0 Å². The van der Waals surface area contributed by atoms with E-state index in [4.69, 9.17) is 19.9 Å². The first-order valence-corrected chi connectivity index (χ1v) is 18.1. The number of pyridine rings is 2. The van der Waals surface area contributed by atoms with Gasteiger partial charge in [0.05, 0.1) is 33.8 Å². The second-order valence-corrected chi connectivity index (χ2v) is 13.5.